The van der Waals surface area contributed by atoms with Gasteiger partial charge in [-0.2, -0.15) is 0 Å². The molecule has 2 N–H and O–H groups in total. The maximum Gasteiger partial charge on any atom is 0.326 e. The average molecular weight is 354 g/mol. The van der Waals surface area contributed by atoms with Crippen LogP contribution in [0.15, 0.2) is 23.0 Å². The summed E-state index contributed by atoms with van der Waals surface area (Å²) in [6.45, 7) is 1.59. The zero-order valence-electron chi connectivity index (χ0n) is 15.0. The predicted molar refractivity (Wildman–Crippen MR) is 101 cm³/mol. The van der Waals surface area contributed by atoms with E-state index in [1.807, 2.05) is 27.7 Å². The molecule has 2 aliphatic heterocycles. The number of carbonyl (C=O) groups is 1. The van der Waals surface area contributed by atoms with Gasteiger partial charge in [-0.15, -0.1) is 0 Å². The number of aromatic amines is 1. The molecule has 3 aliphatic rings. The zero-order valence-corrected chi connectivity index (χ0v) is 15.0. The molecule has 0 radical (unpaired) electrons. The van der Waals surface area contributed by atoms with E-state index in [1.54, 1.807) is 0 Å². The zero-order chi connectivity index (χ0) is 17.7. The van der Waals surface area contributed by atoms with Gasteiger partial charge < -0.3 is 15.2 Å². The number of fused-ring (bicyclic) bond motifs is 3. The van der Waals surface area contributed by atoms with Crippen molar-refractivity contribution in [1.29, 1.82) is 0 Å². The highest BCUT2D eigenvalue weighted by atomic mass is 16.2. The Morgan fingerprint density at radius 1 is 1.04 bits per heavy atom. The lowest BCUT2D eigenvalue weighted by atomic mass is 10.1. The summed E-state index contributed by atoms with van der Waals surface area (Å²) in [5.74, 6) is 0.0794. The lowest BCUT2D eigenvalue weighted by molar-refractivity contribution is 0.0748. The minimum absolute atomic E-state index is 0.0484. The Hall–Kier alpha value is -2.08. The van der Waals surface area contributed by atoms with E-state index < -0.39 is 0 Å². The first-order valence-electron chi connectivity index (χ1n) is 9.98. The monoisotopic (exact) mass is 354 g/mol. The van der Waals surface area contributed by atoms with Crippen molar-refractivity contribution < 1.29 is 4.79 Å². The number of nitrogens with zero attached hydrogens (tertiary/aromatic N) is 2. The molecule has 1 aromatic heterocycles. The summed E-state index contributed by atoms with van der Waals surface area (Å²) in [4.78, 5) is 30.4. The number of benzene rings is 1. The standard InChI is InChI=1S/C20H26N4O2/c25-19(23-10-9-14-6-7-15(12-23)21-14)13-5-8-18-17(11-13)22-20(26)24(18)16-3-1-2-4-16/h5,8,11,14-16,21H,1-4,6-7,9-10,12H2,(H,22,26). The lowest BCUT2D eigenvalue weighted by Gasteiger charge is -2.24. The van der Waals surface area contributed by atoms with Crippen molar-refractivity contribution in [2.24, 2.45) is 0 Å². The Bertz CT molecular complexity index is 893. The first-order valence-corrected chi connectivity index (χ1v) is 9.98. The largest absolute Gasteiger partial charge is 0.337 e. The van der Waals surface area contributed by atoms with Crippen LogP contribution in [0.2, 0.25) is 0 Å². The van der Waals surface area contributed by atoms with Gasteiger partial charge in [0, 0.05) is 36.8 Å². The fraction of sp³-hybridized carbons (Fsp3) is 0.600. The molecule has 1 aliphatic carbocycles. The van der Waals surface area contributed by atoms with Crippen LogP contribution < -0.4 is 11.0 Å². The van der Waals surface area contributed by atoms with Crippen LogP contribution in [0, 0.1) is 0 Å². The molecule has 6 nitrogen and oxygen atoms in total. The third-order valence-electron chi connectivity index (χ3n) is 6.46. The number of imidazole rings is 1. The Morgan fingerprint density at radius 2 is 1.85 bits per heavy atom. The van der Waals surface area contributed by atoms with Crippen LogP contribution in [0.4, 0.5) is 0 Å². The molecule has 2 aromatic rings. The third-order valence-corrected chi connectivity index (χ3v) is 6.46. The molecule has 2 unspecified atom stereocenters. The van der Waals surface area contributed by atoms with Gasteiger partial charge in [-0.25, -0.2) is 4.79 Å². The van der Waals surface area contributed by atoms with Gasteiger partial charge in [0.1, 0.15) is 0 Å². The molecule has 1 aromatic carbocycles. The number of carbonyl (C=O) groups excluding carboxylic acids is 1. The summed E-state index contributed by atoms with van der Waals surface area (Å²) in [6, 6.07) is 6.99. The molecule has 3 heterocycles. The molecule has 3 fully saturated rings. The number of hydrogen-bond acceptors (Lipinski definition) is 3. The molecule has 1 amide bonds. The van der Waals surface area contributed by atoms with Crippen molar-refractivity contribution in [1.82, 2.24) is 19.8 Å². The van der Waals surface area contributed by atoms with Crippen LogP contribution in [0.25, 0.3) is 11.0 Å². The van der Waals surface area contributed by atoms with Gasteiger partial charge in [-0.3, -0.25) is 9.36 Å². The van der Waals surface area contributed by atoms with E-state index in [2.05, 4.69) is 10.3 Å². The highest BCUT2D eigenvalue weighted by Gasteiger charge is 2.31. The van der Waals surface area contributed by atoms with Crippen molar-refractivity contribution in [3.63, 3.8) is 0 Å². The Kier molecular flexibility index (Phi) is 3.89. The quantitative estimate of drug-likeness (QED) is 0.870. The van der Waals surface area contributed by atoms with Gasteiger partial charge in [0.2, 0.25) is 0 Å². The highest BCUT2D eigenvalue weighted by molar-refractivity contribution is 5.97. The van der Waals surface area contributed by atoms with E-state index in [9.17, 15) is 9.59 Å². The second-order valence-electron chi connectivity index (χ2n) is 8.15. The number of aromatic nitrogens is 2. The van der Waals surface area contributed by atoms with Gasteiger partial charge >= 0.3 is 5.69 Å². The summed E-state index contributed by atoms with van der Waals surface area (Å²) in [5.41, 5.74) is 2.33. The third kappa shape index (κ3) is 2.67. The van der Waals surface area contributed by atoms with Crippen LogP contribution >= 0.6 is 0 Å². The van der Waals surface area contributed by atoms with Crippen LogP contribution in [0.5, 0.6) is 0 Å². The molecule has 1 saturated carbocycles. The molecule has 0 spiro atoms. The highest BCUT2D eigenvalue weighted by Crippen LogP contribution is 2.31. The smallest absolute Gasteiger partial charge is 0.326 e. The van der Waals surface area contributed by atoms with Gasteiger partial charge in [-0.1, -0.05) is 12.8 Å². The predicted octanol–water partition coefficient (Wildman–Crippen LogP) is 2.41. The van der Waals surface area contributed by atoms with Gasteiger partial charge in [0.15, 0.2) is 0 Å². The fourth-order valence-electron chi connectivity index (χ4n) is 5.10. The maximum absolute atomic E-state index is 13.0. The first-order chi connectivity index (χ1) is 12.7. The second kappa shape index (κ2) is 6.27. The van der Waals surface area contributed by atoms with Crippen molar-refractivity contribution in [3.05, 3.63) is 34.2 Å². The molecule has 2 atom stereocenters. The number of rotatable bonds is 2. The molecule has 138 valence electrons. The summed E-state index contributed by atoms with van der Waals surface area (Å²) < 4.78 is 1.89. The minimum Gasteiger partial charge on any atom is -0.337 e. The lowest BCUT2D eigenvalue weighted by Crippen LogP contribution is -2.39. The molecular formula is C20H26N4O2. The molecule has 2 bridgehead atoms. The number of hydrogen-bond donors (Lipinski definition) is 2. The first kappa shape index (κ1) is 16.1. The van der Waals surface area contributed by atoms with Crippen LogP contribution in [-0.4, -0.2) is 45.5 Å². The number of likely N-dealkylation sites (tertiary alicyclic amines) is 1. The van der Waals surface area contributed by atoms with Crippen LogP contribution in [0.1, 0.15) is 61.3 Å². The second-order valence-corrected chi connectivity index (χ2v) is 8.15. The van der Waals surface area contributed by atoms with E-state index in [0.717, 1.165) is 49.8 Å². The van der Waals surface area contributed by atoms with Gasteiger partial charge in [-0.05, 0) is 50.3 Å². The molecule has 26 heavy (non-hydrogen) atoms. The van der Waals surface area contributed by atoms with E-state index >= 15 is 0 Å². The number of nitrogens with one attached hydrogen (secondary N) is 2. The number of amides is 1. The van der Waals surface area contributed by atoms with Crippen LogP contribution in [-0.2, 0) is 0 Å². The Balaban J connectivity index is 1.44. The summed E-state index contributed by atoms with van der Waals surface area (Å²) in [6.07, 6.45) is 7.92. The normalized spacial score (nSPS) is 26.5. The van der Waals surface area contributed by atoms with Gasteiger partial charge in [0.25, 0.3) is 5.91 Å². The SMILES string of the molecule is O=C(c1ccc2c(c1)[nH]c(=O)n2C1CCCC1)N1CCC2CCC(C1)N2. The van der Waals surface area contributed by atoms with Crippen molar-refractivity contribution in [2.75, 3.05) is 13.1 Å². The van der Waals surface area contributed by atoms with E-state index in [-0.39, 0.29) is 11.6 Å². The van der Waals surface area contributed by atoms with Crippen LogP contribution in [0.3, 0.4) is 0 Å². The Morgan fingerprint density at radius 3 is 2.69 bits per heavy atom. The molecular weight excluding hydrogens is 328 g/mol. The minimum atomic E-state index is -0.0484. The number of H-pyrrole nitrogens is 1. The molecule has 6 heteroatoms. The van der Waals surface area contributed by atoms with Crippen molar-refractivity contribution in [3.8, 4) is 0 Å². The van der Waals surface area contributed by atoms with Crippen molar-refractivity contribution >= 4 is 16.9 Å². The van der Waals surface area contributed by atoms with E-state index in [0.29, 0.717) is 23.7 Å². The summed E-state index contributed by atoms with van der Waals surface area (Å²) >= 11 is 0. The summed E-state index contributed by atoms with van der Waals surface area (Å²) in [7, 11) is 0. The maximum atomic E-state index is 13.0. The topological polar surface area (TPSA) is 70.1 Å². The molecule has 5 rings (SSSR count). The molecule has 2 saturated heterocycles. The van der Waals surface area contributed by atoms with E-state index in [4.69, 9.17) is 0 Å². The fourth-order valence-corrected chi connectivity index (χ4v) is 5.10. The summed E-state index contributed by atoms with van der Waals surface area (Å²) in [5, 5.41) is 3.62. The Labute approximate surface area is 152 Å². The average Bonchev–Trinajstić information content (AvgIpc) is 3.32. The van der Waals surface area contributed by atoms with Gasteiger partial charge in [0.05, 0.1) is 11.0 Å². The van der Waals surface area contributed by atoms with Crippen molar-refractivity contribution in [2.45, 2.75) is 63.1 Å². The van der Waals surface area contributed by atoms with E-state index in [1.165, 1.54) is 19.3 Å².